The highest BCUT2D eigenvalue weighted by molar-refractivity contribution is 7.71. The minimum atomic E-state index is -1.60. The van der Waals surface area contributed by atoms with E-state index in [-0.39, 0.29) is 18.8 Å². The van der Waals surface area contributed by atoms with Crippen molar-refractivity contribution in [3.05, 3.63) is 45.5 Å². The zero-order valence-corrected chi connectivity index (χ0v) is 27.8. The van der Waals surface area contributed by atoms with Crippen molar-refractivity contribution in [2.24, 2.45) is 0 Å². The summed E-state index contributed by atoms with van der Waals surface area (Å²) < 4.78 is 20.3. The van der Waals surface area contributed by atoms with Gasteiger partial charge in [0, 0.05) is 21.9 Å². The first kappa shape index (κ1) is 28.6. The first-order chi connectivity index (χ1) is 16.6. The molecule has 0 aliphatic carbocycles. The molecular weight excluding hydrogens is 520 g/mol. The molecule has 1 aromatic heterocycles. The number of hydrogen-bond acceptors (Lipinski definition) is 3. The molecule has 2 aromatic carbocycles. The molecule has 198 valence electrons. The zero-order chi connectivity index (χ0) is 26.7. The molecule has 0 bridgehead atoms. The molecule has 2 unspecified atom stereocenters. The van der Waals surface area contributed by atoms with Crippen LogP contribution in [0.3, 0.4) is 0 Å². The fourth-order valence-electron chi connectivity index (χ4n) is 5.14. The molecule has 7 heteroatoms. The van der Waals surface area contributed by atoms with E-state index in [2.05, 4.69) is 99.8 Å². The summed E-state index contributed by atoms with van der Waals surface area (Å²) in [5, 5.41) is 3.62. The molecule has 3 aromatic rings. The maximum absolute atomic E-state index is 6.84. The predicted molar refractivity (Wildman–Crippen MR) is 167 cm³/mol. The summed E-state index contributed by atoms with van der Waals surface area (Å²) in [6.45, 7) is 22.5. The van der Waals surface area contributed by atoms with Gasteiger partial charge in [0.05, 0.1) is 6.35 Å². The Morgan fingerprint density at radius 3 is 1.53 bits per heavy atom. The van der Waals surface area contributed by atoms with Crippen LogP contribution in [-0.4, -0.2) is 17.1 Å². The van der Waals surface area contributed by atoms with Crippen LogP contribution in [0.1, 0.15) is 87.8 Å². The minimum Gasteiger partial charge on any atom is -0.399 e. The van der Waals surface area contributed by atoms with Crippen molar-refractivity contribution < 1.29 is 12.9 Å². The summed E-state index contributed by atoms with van der Waals surface area (Å²) in [7, 11) is 4.25. The van der Waals surface area contributed by atoms with Crippen LogP contribution in [0.4, 0.5) is 0 Å². The van der Waals surface area contributed by atoms with E-state index in [1.54, 1.807) is 0 Å². The van der Waals surface area contributed by atoms with Crippen LogP contribution in [0.2, 0.25) is 0 Å². The zero-order valence-electron chi connectivity index (χ0n) is 23.7. The van der Waals surface area contributed by atoms with E-state index >= 15 is 0 Å². The van der Waals surface area contributed by atoms with Crippen LogP contribution < -0.4 is 4.52 Å². The van der Waals surface area contributed by atoms with Crippen LogP contribution >= 0.6 is 34.6 Å². The van der Waals surface area contributed by atoms with Crippen LogP contribution in [0.15, 0.2) is 20.5 Å². The smallest absolute Gasteiger partial charge is 0.387 e. The molecular formula is C29H44O3P4. The second-order valence-corrected chi connectivity index (χ2v) is 18.9. The molecule has 4 atom stereocenters. The fourth-order valence-corrected chi connectivity index (χ4v) is 11.5. The summed E-state index contributed by atoms with van der Waals surface area (Å²) in [6.07, 6.45) is 3.20. The molecule has 0 spiro atoms. The van der Waals surface area contributed by atoms with Crippen LogP contribution in [0, 0.1) is 27.7 Å². The second kappa shape index (κ2) is 10.3. The SMILES string of the molecule is Cc1cc(C(C)(C)C)c2op(OCP3[C@@H](P)CC[C@@H]3P)oc3c(C(C)(C)C)cc(C)c(C)c3c2c1C. The van der Waals surface area contributed by atoms with Gasteiger partial charge >= 0.3 is 8.24 Å². The van der Waals surface area contributed by atoms with Gasteiger partial charge in [0.15, 0.2) is 0 Å². The normalized spacial score (nSPS) is 19.6. The first-order valence-electron chi connectivity index (χ1n) is 13.0. The number of hydrogen-bond donors (Lipinski definition) is 0. The third kappa shape index (κ3) is 5.36. The number of fused-ring (bicyclic) bond motifs is 3. The molecule has 3 nitrogen and oxygen atoms in total. The highest BCUT2D eigenvalue weighted by Gasteiger charge is 2.32. The van der Waals surface area contributed by atoms with Crippen molar-refractivity contribution >= 4 is 56.6 Å². The van der Waals surface area contributed by atoms with Crippen molar-refractivity contribution in [2.45, 2.75) is 104 Å². The molecule has 2 heterocycles. The molecule has 0 saturated carbocycles. The van der Waals surface area contributed by atoms with Gasteiger partial charge < -0.3 is 8.39 Å². The summed E-state index contributed by atoms with van der Waals surface area (Å²) in [5.41, 5.74) is 9.22. The van der Waals surface area contributed by atoms with E-state index in [4.69, 9.17) is 12.9 Å². The Morgan fingerprint density at radius 2 is 1.17 bits per heavy atom. The Bertz CT molecular complexity index is 1250. The lowest BCUT2D eigenvalue weighted by molar-refractivity contribution is 0.431. The van der Waals surface area contributed by atoms with Crippen molar-refractivity contribution in [1.29, 1.82) is 0 Å². The Balaban J connectivity index is 2.15. The van der Waals surface area contributed by atoms with Gasteiger partial charge in [0.2, 0.25) is 0 Å². The summed E-state index contributed by atoms with van der Waals surface area (Å²) >= 11 is 0. The molecule has 4 rings (SSSR count). The summed E-state index contributed by atoms with van der Waals surface area (Å²) in [6, 6.07) is 4.61. The Hall–Kier alpha value is -0.410. The molecule has 36 heavy (non-hydrogen) atoms. The average molecular weight is 565 g/mol. The van der Waals surface area contributed by atoms with Crippen molar-refractivity contribution in [3.63, 3.8) is 0 Å². The maximum Gasteiger partial charge on any atom is 0.387 e. The predicted octanol–water partition coefficient (Wildman–Crippen LogP) is 10.2. The molecule has 0 amide bonds. The standard InChI is InChI=1S/C29H44O3P4/c1-16-13-20(28(5,6)7)26-24(18(16)3)25-19(4)17(2)14-21(29(8,9)10)27(25)32-36(31-26)30-15-35-22(33)11-12-23(35)34/h13-14,22-23H,11-12,15,33-34H2,1-10H3/t22-,23-/m1/s1. The first-order valence-corrected chi connectivity index (χ1v) is 17.1. The molecule has 1 aliphatic rings. The number of benzene rings is 2. The van der Waals surface area contributed by atoms with Crippen molar-refractivity contribution in [1.82, 2.24) is 0 Å². The molecule has 1 fully saturated rings. The fraction of sp³-hybridized carbons (Fsp3) is 0.586. The summed E-state index contributed by atoms with van der Waals surface area (Å²) in [5.74, 6) is 0. The van der Waals surface area contributed by atoms with Gasteiger partial charge in [0.25, 0.3) is 0 Å². The van der Waals surface area contributed by atoms with Crippen LogP contribution in [0.25, 0.3) is 21.9 Å². The number of rotatable bonds is 3. The van der Waals surface area contributed by atoms with Gasteiger partial charge in [-0.2, -0.15) is 0 Å². The molecule has 0 N–H and O–H groups in total. The molecule has 0 radical (unpaired) electrons. The van der Waals surface area contributed by atoms with Gasteiger partial charge in [-0.1, -0.05) is 61.6 Å². The Kier molecular flexibility index (Phi) is 8.17. The van der Waals surface area contributed by atoms with E-state index in [1.165, 1.54) is 57.0 Å². The summed E-state index contributed by atoms with van der Waals surface area (Å²) in [4.78, 5) is 0. The maximum atomic E-state index is 6.84. The Morgan fingerprint density at radius 1 is 0.778 bits per heavy atom. The quantitative estimate of drug-likeness (QED) is 0.297. The monoisotopic (exact) mass is 564 g/mol. The highest BCUT2D eigenvalue weighted by atomic mass is 31.2. The lowest BCUT2D eigenvalue weighted by Gasteiger charge is -2.23. The van der Waals surface area contributed by atoms with Gasteiger partial charge in [-0.3, -0.25) is 4.52 Å². The molecule has 1 saturated heterocycles. The van der Waals surface area contributed by atoms with E-state index in [1.807, 2.05) is 0 Å². The van der Waals surface area contributed by atoms with Crippen LogP contribution in [-0.2, 0) is 10.8 Å². The van der Waals surface area contributed by atoms with Crippen molar-refractivity contribution in [3.8, 4) is 0 Å². The van der Waals surface area contributed by atoms with E-state index < -0.39 is 8.24 Å². The average Bonchev–Trinajstić information content (AvgIpc) is 2.98. The van der Waals surface area contributed by atoms with Gasteiger partial charge in [-0.05, 0) is 84.4 Å². The molecule has 1 aliphatic heterocycles. The van der Waals surface area contributed by atoms with Gasteiger partial charge in [0.1, 0.15) is 11.2 Å². The minimum absolute atomic E-state index is 0.0789. The highest BCUT2D eigenvalue weighted by Crippen LogP contribution is 2.61. The lowest BCUT2D eigenvalue weighted by Crippen LogP contribution is -2.13. The van der Waals surface area contributed by atoms with E-state index in [0.717, 1.165) is 11.2 Å². The third-order valence-electron chi connectivity index (χ3n) is 7.72. The van der Waals surface area contributed by atoms with Gasteiger partial charge in [-0.25, -0.2) is 0 Å². The number of aryl methyl sites for hydroxylation is 4. The topological polar surface area (TPSA) is 35.5 Å². The third-order valence-corrected chi connectivity index (χ3v) is 14.5. The van der Waals surface area contributed by atoms with Gasteiger partial charge in [-0.15, -0.1) is 18.5 Å². The Labute approximate surface area is 224 Å². The van der Waals surface area contributed by atoms with E-state index in [0.29, 0.717) is 17.1 Å². The second-order valence-electron chi connectivity index (χ2n) is 12.5. The largest absolute Gasteiger partial charge is 0.399 e. The van der Waals surface area contributed by atoms with Crippen molar-refractivity contribution in [2.75, 3.05) is 6.35 Å². The lowest BCUT2D eigenvalue weighted by atomic mass is 9.81. The van der Waals surface area contributed by atoms with Crippen LogP contribution in [0.5, 0.6) is 0 Å². The van der Waals surface area contributed by atoms with E-state index in [9.17, 15) is 0 Å².